The molecule has 1 atom stereocenters. The number of carbonyl (C=O) groups excluding carboxylic acids is 2. The van der Waals surface area contributed by atoms with Crippen LogP contribution in [0.15, 0.2) is 17.2 Å². The average Bonchev–Trinajstić information content (AvgIpc) is 3.10. The van der Waals surface area contributed by atoms with E-state index in [1.807, 2.05) is 20.8 Å². The fourth-order valence-corrected chi connectivity index (χ4v) is 5.66. The second kappa shape index (κ2) is 9.73. The Morgan fingerprint density at radius 3 is 2.45 bits per heavy atom. The van der Waals surface area contributed by atoms with E-state index in [9.17, 15) is 18.0 Å². The van der Waals surface area contributed by atoms with Gasteiger partial charge in [0.1, 0.15) is 10.6 Å². The highest BCUT2D eigenvalue weighted by Gasteiger charge is 2.35. The Morgan fingerprint density at radius 2 is 1.81 bits per heavy atom. The van der Waals surface area contributed by atoms with Crippen LogP contribution in [0, 0.1) is 5.92 Å². The average molecular weight is 453 g/mol. The van der Waals surface area contributed by atoms with Crippen LogP contribution >= 0.6 is 0 Å². The van der Waals surface area contributed by atoms with Gasteiger partial charge in [-0.3, -0.25) is 9.59 Å². The fourth-order valence-electron chi connectivity index (χ4n) is 4.14. The van der Waals surface area contributed by atoms with E-state index in [0.29, 0.717) is 38.2 Å². The number of hydrogen-bond acceptors (Lipinski definition) is 4. The quantitative estimate of drug-likeness (QED) is 0.693. The van der Waals surface area contributed by atoms with Gasteiger partial charge in [-0.05, 0) is 52.0 Å². The van der Waals surface area contributed by atoms with Gasteiger partial charge < -0.3 is 15.2 Å². The molecule has 1 unspecified atom stereocenters. The van der Waals surface area contributed by atoms with Crippen molar-refractivity contribution in [3.8, 4) is 0 Å². The zero-order valence-corrected chi connectivity index (χ0v) is 19.8. The summed E-state index contributed by atoms with van der Waals surface area (Å²) in [5.41, 5.74) is -0.0157. The number of hydrogen-bond donors (Lipinski definition) is 2. The lowest BCUT2D eigenvalue weighted by molar-refractivity contribution is -0.127. The molecule has 9 heteroatoms. The summed E-state index contributed by atoms with van der Waals surface area (Å²) in [7, 11) is -3.78. The summed E-state index contributed by atoms with van der Waals surface area (Å²) in [6, 6.07) is 1.44. The predicted octanol–water partition coefficient (Wildman–Crippen LogP) is 2.74. The normalized spacial score (nSPS) is 21.5. The molecule has 2 saturated heterocycles. The summed E-state index contributed by atoms with van der Waals surface area (Å²) in [4.78, 5) is 30.2. The number of nitrogens with one attached hydrogen (secondary N) is 2. The van der Waals surface area contributed by atoms with E-state index in [-0.39, 0.29) is 34.7 Å². The maximum absolute atomic E-state index is 13.2. The minimum absolute atomic E-state index is 0.0839. The second-order valence-corrected chi connectivity index (χ2v) is 11.3. The van der Waals surface area contributed by atoms with Crippen molar-refractivity contribution in [1.29, 1.82) is 0 Å². The van der Waals surface area contributed by atoms with Crippen LogP contribution in [-0.2, 0) is 14.8 Å². The molecule has 3 rings (SSSR count). The molecule has 8 nitrogen and oxygen atoms in total. The molecule has 2 aliphatic rings. The topological polar surface area (TPSA) is 103 Å². The van der Waals surface area contributed by atoms with Crippen LogP contribution in [0.4, 0.5) is 0 Å². The largest absolute Gasteiger partial charge is 0.356 e. The molecular weight excluding hydrogens is 416 g/mol. The number of H-pyrrole nitrogens is 1. The van der Waals surface area contributed by atoms with Crippen molar-refractivity contribution in [2.75, 3.05) is 26.2 Å². The predicted molar refractivity (Wildman–Crippen MR) is 119 cm³/mol. The van der Waals surface area contributed by atoms with Crippen molar-refractivity contribution in [3.05, 3.63) is 18.0 Å². The Bertz CT molecular complexity index is 885. The third kappa shape index (κ3) is 5.68. The van der Waals surface area contributed by atoms with Gasteiger partial charge in [-0.2, -0.15) is 4.31 Å². The minimum Gasteiger partial charge on any atom is -0.356 e. The lowest BCUT2D eigenvalue weighted by atomic mass is 9.95. The van der Waals surface area contributed by atoms with Gasteiger partial charge in [0.15, 0.2) is 0 Å². The number of carbonyl (C=O) groups is 2. The highest BCUT2D eigenvalue weighted by Crippen LogP contribution is 2.25. The van der Waals surface area contributed by atoms with Gasteiger partial charge in [0.25, 0.3) is 5.91 Å². The van der Waals surface area contributed by atoms with Crippen LogP contribution < -0.4 is 5.32 Å². The standard InChI is InChI=1S/C22H36N4O4S/c1-4-22(2,3)24-20(27)17-10-9-13-26(16-17)31(29,30)18-14-19(23-15-18)21(28)25-11-7-5-6-8-12-25/h14-15,17,23H,4-13,16H2,1-3H3,(H,24,27). The Kier molecular flexibility index (Phi) is 7.47. The van der Waals surface area contributed by atoms with Crippen molar-refractivity contribution in [2.45, 2.75) is 76.2 Å². The number of aromatic amines is 1. The van der Waals surface area contributed by atoms with E-state index in [2.05, 4.69) is 10.3 Å². The van der Waals surface area contributed by atoms with Crippen LogP contribution in [0.5, 0.6) is 0 Å². The molecule has 0 spiro atoms. The van der Waals surface area contributed by atoms with Crippen molar-refractivity contribution < 1.29 is 18.0 Å². The van der Waals surface area contributed by atoms with E-state index >= 15 is 0 Å². The molecule has 2 fully saturated rings. The molecule has 0 aromatic carbocycles. The molecule has 31 heavy (non-hydrogen) atoms. The first kappa shape index (κ1) is 23.8. The van der Waals surface area contributed by atoms with Gasteiger partial charge in [0.2, 0.25) is 15.9 Å². The monoisotopic (exact) mass is 452 g/mol. The summed E-state index contributed by atoms with van der Waals surface area (Å²) >= 11 is 0. The van der Waals surface area contributed by atoms with Gasteiger partial charge in [-0.15, -0.1) is 0 Å². The van der Waals surface area contributed by atoms with Crippen molar-refractivity contribution in [2.24, 2.45) is 5.92 Å². The molecule has 1 aromatic rings. The SMILES string of the molecule is CCC(C)(C)NC(=O)C1CCCN(S(=O)(=O)c2c[nH]c(C(=O)N3CCCCCC3)c2)C1. The number of nitrogens with zero attached hydrogens (tertiary/aromatic N) is 2. The summed E-state index contributed by atoms with van der Waals surface area (Å²) in [6.07, 6.45) is 7.68. The van der Waals surface area contributed by atoms with E-state index in [0.717, 1.165) is 32.1 Å². The summed E-state index contributed by atoms with van der Waals surface area (Å²) < 4.78 is 27.8. The first-order chi connectivity index (χ1) is 14.6. The summed E-state index contributed by atoms with van der Waals surface area (Å²) in [5.74, 6) is -0.620. The smallest absolute Gasteiger partial charge is 0.270 e. The molecule has 2 aliphatic heterocycles. The molecule has 0 saturated carbocycles. The molecular formula is C22H36N4O4S. The molecule has 2 N–H and O–H groups in total. The first-order valence-electron chi connectivity index (χ1n) is 11.4. The highest BCUT2D eigenvalue weighted by atomic mass is 32.2. The zero-order chi connectivity index (χ0) is 22.6. The first-order valence-corrected chi connectivity index (χ1v) is 12.9. The minimum atomic E-state index is -3.78. The number of piperidine rings is 1. The van der Waals surface area contributed by atoms with E-state index in [4.69, 9.17) is 0 Å². The third-order valence-corrected chi connectivity index (χ3v) is 8.36. The van der Waals surface area contributed by atoms with Crippen molar-refractivity contribution in [3.63, 3.8) is 0 Å². The Morgan fingerprint density at radius 1 is 1.13 bits per heavy atom. The van der Waals surface area contributed by atoms with Gasteiger partial charge in [0, 0.05) is 37.9 Å². The fraction of sp³-hybridized carbons (Fsp3) is 0.727. The number of rotatable bonds is 6. The molecule has 0 radical (unpaired) electrons. The van der Waals surface area contributed by atoms with Crippen LogP contribution in [0.25, 0.3) is 0 Å². The van der Waals surface area contributed by atoms with Gasteiger partial charge in [-0.25, -0.2) is 8.42 Å². The maximum Gasteiger partial charge on any atom is 0.270 e. The van der Waals surface area contributed by atoms with Crippen LogP contribution in [0.1, 0.15) is 76.2 Å². The van der Waals surface area contributed by atoms with E-state index in [1.54, 1.807) is 4.90 Å². The zero-order valence-electron chi connectivity index (χ0n) is 18.9. The highest BCUT2D eigenvalue weighted by molar-refractivity contribution is 7.89. The van der Waals surface area contributed by atoms with E-state index in [1.165, 1.54) is 16.6 Å². The molecule has 0 aliphatic carbocycles. The maximum atomic E-state index is 13.2. The molecule has 1 aromatic heterocycles. The lowest BCUT2D eigenvalue weighted by Crippen LogP contribution is -2.50. The molecule has 174 valence electrons. The van der Waals surface area contributed by atoms with E-state index < -0.39 is 10.0 Å². The van der Waals surface area contributed by atoms with Crippen molar-refractivity contribution >= 4 is 21.8 Å². The lowest BCUT2D eigenvalue weighted by Gasteiger charge is -2.33. The third-order valence-electron chi connectivity index (χ3n) is 6.52. The number of sulfonamides is 1. The number of aromatic nitrogens is 1. The molecule has 3 heterocycles. The van der Waals surface area contributed by atoms with Crippen LogP contribution in [0.2, 0.25) is 0 Å². The van der Waals surface area contributed by atoms with Gasteiger partial charge >= 0.3 is 0 Å². The number of likely N-dealkylation sites (tertiary alicyclic amines) is 1. The van der Waals surface area contributed by atoms with Crippen LogP contribution in [0.3, 0.4) is 0 Å². The van der Waals surface area contributed by atoms with Crippen LogP contribution in [-0.4, -0.2) is 66.1 Å². The Hall–Kier alpha value is -1.87. The number of amides is 2. The van der Waals surface area contributed by atoms with Crippen molar-refractivity contribution in [1.82, 2.24) is 19.5 Å². The summed E-state index contributed by atoms with van der Waals surface area (Å²) in [5, 5.41) is 3.03. The Balaban J connectivity index is 1.70. The molecule has 2 amide bonds. The second-order valence-electron chi connectivity index (χ2n) is 9.38. The van der Waals surface area contributed by atoms with Gasteiger partial charge in [-0.1, -0.05) is 19.8 Å². The summed E-state index contributed by atoms with van der Waals surface area (Å²) in [6.45, 7) is 7.89. The van der Waals surface area contributed by atoms with Gasteiger partial charge in [0.05, 0.1) is 5.92 Å². The Labute approximate surface area is 185 Å². The molecule has 0 bridgehead atoms.